The first-order valence-electron chi connectivity index (χ1n) is 10.00. The lowest BCUT2D eigenvalue weighted by molar-refractivity contribution is -0.151. The number of methoxy groups -OCH3 is 1. The summed E-state index contributed by atoms with van der Waals surface area (Å²) in [5.41, 5.74) is 2.46. The predicted octanol–water partition coefficient (Wildman–Crippen LogP) is 4.86. The van der Waals surface area contributed by atoms with Gasteiger partial charge in [0.05, 0.1) is 18.0 Å². The molecule has 0 spiro atoms. The van der Waals surface area contributed by atoms with Gasteiger partial charge in [0, 0.05) is 35.4 Å². The number of carbonyl (C=O) groups is 1. The van der Waals surface area contributed by atoms with E-state index in [4.69, 9.17) is 9.47 Å². The molecule has 1 aliphatic heterocycles. The van der Waals surface area contributed by atoms with Gasteiger partial charge < -0.3 is 9.47 Å². The summed E-state index contributed by atoms with van der Waals surface area (Å²) in [6.07, 6.45) is 5.08. The highest BCUT2D eigenvalue weighted by Gasteiger charge is 2.42. The lowest BCUT2D eigenvalue weighted by Crippen LogP contribution is -2.42. The highest BCUT2D eigenvalue weighted by Crippen LogP contribution is 2.39. The third-order valence-corrected chi connectivity index (χ3v) is 6.86. The maximum Gasteiger partial charge on any atom is 0.316 e. The molecule has 0 amide bonds. The maximum atomic E-state index is 12.7. The quantitative estimate of drug-likeness (QED) is 0.443. The van der Waals surface area contributed by atoms with E-state index in [0.717, 1.165) is 31.9 Å². The molecule has 0 N–H and O–H groups in total. The van der Waals surface area contributed by atoms with E-state index in [-0.39, 0.29) is 5.97 Å². The van der Waals surface area contributed by atoms with E-state index < -0.39 is 5.41 Å². The summed E-state index contributed by atoms with van der Waals surface area (Å²) >= 11 is 1.70. The average molecular weight is 419 g/mol. The number of carbonyl (C=O) groups excluding carboxylic acids is 1. The average Bonchev–Trinajstić information content (AvgIpc) is 3.28. The first-order chi connectivity index (χ1) is 14.7. The van der Waals surface area contributed by atoms with Crippen molar-refractivity contribution in [2.24, 2.45) is 0 Å². The summed E-state index contributed by atoms with van der Waals surface area (Å²) in [6.45, 7) is 1.14. The molecule has 4 aromatic rings. The monoisotopic (exact) mass is 418 g/mol. The predicted molar refractivity (Wildman–Crippen MR) is 117 cm³/mol. The van der Waals surface area contributed by atoms with Crippen LogP contribution in [0.4, 0.5) is 0 Å². The van der Waals surface area contributed by atoms with E-state index in [1.165, 1.54) is 7.11 Å². The number of rotatable bonds is 4. The van der Waals surface area contributed by atoms with E-state index in [1.807, 2.05) is 30.6 Å². The van der Waals surface area contributed by atoms with Crippen LogP contribution >= 0.6 is 11.8 Å². The first-order valence-corrected chi connectivity index (χ1v) is 10.8. The summed E-state index contributed by atoms with van der Waals surface area (Å²) in [5, 5.41) is 1.16. The van der Waals surface area contributed by atoms with Gasteiger partial charge in [0.15, 0.2) is 0 Å². The second kappa shape index (κ2) is 7.78. The fourth-order valence-corrected chi connectivity index (χ4v) is 5.20. The van der Waals surface area contributed by atoms with Gasteiger partial charge in [-0.3, -0.25) is 9.20 Å². The van der Waals surface area contributed by atoms with Crippen LogP contribution in [-0.4, -0.2) is 35.7 Å². The zero-order valence-corrected chi connectivity index (χ0v) is 17.5. The lowest BCUT2D eigenvalue weighted by atomic mass is 9.74. The Balaban J connectivity index is 1.48. The fraction of sp³-hybridized carbons (Fsp3) is 0.250. The Morgan fingerprint density at radius 1 is 1.10 bits per heavy atom. The Labute approximate surface area is 179 Å². The van der Waals surface area contributed by atoms with Gasteiger partial charge in [-0.1, -0.05) is 23.9 Å². The number of esters is 1. The third-order valence-electron chi connectivity index (χ3n) is 5.88. The van der Waals surface area contributed by atoms with Crippen LogP contribution in [0.1, 0.15) is 18.4 Å². The Morgan fingerprint density at radius 2 is 1.93 bits per heavy atom. The van der Waals surface area contributed by atoms with Crippen LogP contribution < -0.4 is 0 Å². The van der Waals surface area contributed by atoms with E-state index in [0.29, 0.717) is 26.1 Å². The van der Waals surface area contributed by atoms with Gasteiger partial charge in [-0.2, -0.15) is 0 Å². The van der Waals surface area contributed by atoms with Crippen LogP contribution in [0, 0.1) is 0 Å². The topological polar surface area (TPSA) is 52.8 Å². The molecular weight excluding hydrogens is 396 g/mol. The minimum atomic E-state index is -0.625. The molecular formula is C24H22N2O3S. The molecule has 3 heterocycles. The molecule has 6 heteroatoms. The van der Waals surface area contributed by atoms with Crippen molar-refractivity contribution >= 4 is 34.3 Å². The molecule has 2 aromatic carbocycles. The minimum absolute atomic E-state index is 0.178. The standard InChI is InChI=1S/C24H22N2O3S/c1-28-23(27)24(9-13-29-14-10-24)18-3-2-4-19(16-18)30-20-6-7-21-17(15-20)5-8-22-25-11-12-26(21)22/h2-8,11-12,15-16H,9-10,13-14H2,1H3. The van der Waals surface area contributed by atoms with Gasteiger partial charge in [-0.25, -0.2) is 4.98 Å². The summed E-state index contributed by atoms with van der Waals surface area (Å²) in [6, 6.07) is 18.8. The van der Waals surface area contributed by atoms with Crippen molar-refractivity contribution in [1.82, 2.24) is 9.38 Å². The van der Waals surface area contributed by atoms with Crippen molar-refractivity contribution in [2.75, 3.05) is 20.3 Å². The van der Waals surface area contributed by atoms with Crippen LogP contribution in [-0.2, 0) is 19.7 Å². The third kappa shape index (κ3) is 3.26. The second-order valence-corrected chi connectivity index (χ2v) is 8.67. The number of aromatic nitrogens is 2. The van der Waals surface area contributed by atoms with Crippen LogP contribution in [0.15, 0.2) is 76.8 Å². The van der Waals surface area contributed by atoms with Crippen molar-refractivity contribution in [3.8, 4) is 0 Å². The summed E-state index contributed by atoms with van der Waals surface area (Å²) in [5.74, 6) is -0.178. The SMILES string of the molecule is COC(=O)C1(c2cccc(Sc3ccc4c(ccc5nccn54)c3)c2)CCOCC1. The van der Waals surface area contributed by atoms with Crippen molar-refractivity contribution in [2.45, 2.75) is 28.0 Å². The number of fused-ring (bicyclic) bond motifs is 3. The highest BCUT2D eigenvalue weighted by molar-refractivity contribution is 7.99. The van der Waals surface area contributed by atoms with Gasteiger partial charge >= 0.3 is 5.97 Å². The first kappa shape index (κ1) is 19.2. The Morgan fingerprint density at radius 3 is 2.77 bits per heavy atom. The molecule has 152 valence electrons. The second-order valence-electron chi connectivity index (χ2n) is 7.53. The highest BCUT2D eigenvalue weighted by atomic mass is 32.2. The molecule has 1 fully saturated rings. The van der Waals surface area contributed by atoms with Crippen molar-refractivity contribution in [3.05, 3.63) is 72.6 Å². The number of hydrogen-bond acceptors (Lipinski definition) is 5. The number of hydrogen-bond donors (Lipinski definition) is 0. The number of imidazole rings is 1. The Kier molecular flexibility index (Phi) is 4.97. The molecule has 1 saturated heterocycles. The van der Waals surface area contributed by atoms with Gasteiger partial charge in [0.25, 0.3) is 0 Å². The van der Waals surface area contributed by atoms with Gasteiger partial charge in [0.2, 0.25) is 0 Å². The van der Waals surface area contributed by atoms with E-state index in [2.05, 4.69) is 45.8 Å². The zero-order chi connectivity index (χ0) is 20.6. The fourth-order valence-electron chi connectivity index (χ4n) is 4.27. The molecule has 2 aromatic heterocycles. The summed E-state index contributed by atoms with van der Waals surface area (Å²) < 4.78 is 12.8. The van der Waals surface area contributed by atoms with E-state index in [9.17, 15) is 4.79 Å². The molecule has 5 rings (SSSR count). The van der Waals surface area contributed by atoms with Crippen molar-refractivity contribution < 1.29 is 14.3 Å². The number of benzene rings is 2. The molecule has 30 heavy (non-hydrogen) atoms. The Hall–Kier alpha value is -2.83. The van der Waals surface area contributed by atoms with Crippen molar-refractivity contribution in [1.29, 1.82) is 0 Å². The van der Waals surface area contributed by atoms with Gasteiger partial charge in [0.1, 0.15) is 5.65 Å². The van der Waals surface area contributed by atoms with Crippen molar-refractivity contribution in [3.63, 3.8) is 0 Å². The largest absolute Gasteiger partial charge is 0.468 e. The van der Waals surface area contributed by atoms with E-state index in [1.54, 1.807) is 11.8 Å². The number of nitrogens with zero attached hydrogens (tertiary/aromatic N) is 2. The van der Waals surface area contributed by atoms with E-state index >= 15 is 0 Å². The van der Waals surface area contributed by atoms with Crippen LogP contribution in [0.2, 0.25) is 0 Å². The molecule has 5 nitrogen and oxygen atoms in total. The smallest absolute Gasteiger partial charge is 0.316 e. The minimum Gasteiger partial charge on any atom is -0.468 e. The number of ether oxygens (including phenoxy) is 2. The van der Waals surface area contributed by atoms with Crippen LogP contribution in [0.5, 0.6) is 0 Å². The molecule has 0 radical (unpaired) electrons. The molecule has 0 saturated carbocycles. The van der Waals surface area contributed by atoms with Gasteiger partial charge in [-0.15, -0.1) is 0 Å². The number of pyridine rings is 1. The molecule has 0 bridgehead atoms. The lowest BCUT2D eigenvalue weighted by Gasteiger charge is -2.35. The van der Waals surface area contributed by atoms with Gasteiger partial charge in [-0.05, 0) is 66.3 Å². The zero-order valence-electron chi connectivity index (χ0n) is 16.7. The maximum absolute atomic E-state index is 12.7. The Bertz CT molecular complexity index is 1230. The molecule has 0 atom stereocenters. The van der Waals surface area contributed by atoms with Crippen LogP contribution in [0.3, 0.4) is 0 Å². The molecule has 1 aliphatic rings. The molecule has 0 unspecified atom stereocenters. The normalized spacial score (nSPS) is 16.0. The summed E-state index contributed by atoms with van der Waals surface area (Å²) in [7, 11) is 1.46. The van der Waals surface area contributed by atoms with Crippen LogP contribution in [0.25, 0.3) is 16.6 Å². The summed E-state index contributed by atoms with van der Waals surface area (Å²) in [4.78, 5) is 19.3. The molecule has 0 aliphatic carbocycles.